The highest BCUT2D eigenvalue weighted by atomic mass is 16.5. The summed E-state index contributed by atoms with van der Waals surface area (Å²) in [6.07, 6.45) is 4.32. The molecule has 0 bridgehead atoms. The molecule has 0 saturated carbocycles. The lowest BCUT2D eigenvalue weighted by molar-refractivity contribution is -0.133. The molecular formula is C19H30N2O3. The Hall–Kier alpha value is -1.75. The number of amides is 1. The van der Waals surface area contributed by atoms with E-state index in [1.807, 2.05) is 30.1 Å². The number of carbonyl (C=O) groups is 1. The van der Waals surface area contributed by atoms with E-state index in [0.717, 1.165) is 55.8 Å². The molecule has 1 amide bonds. The number of methoxy groups -OCH3 is 2. The number of hydrogen-bond donors (Lipinski definition) is 0. The molecular weight excluding hydrogens is 304 g/mol. The maximum atomic E-state index is 12.7. The standard InChI is InChI=1S/C19H30N2O3/c1-5-6-11-20(2)14-19(22)21-12-7-8-16(21)15-9-10-17(23-3)18(13-15)24-4/h9-10,13,16H,5-8,11-12,14H2,1-4H3. The van der Waals surface area contributed by atoms with Gasteiger partial charge in [-0.1, -0.05) is 19.4 Å². The minimum absolute atomic E-state index is 0.136. The van der Waals surface area contributed by atoms with Gasteiger partial charge >= 0.3 is 0 Å². The predicted octanol–water partition coefficient (Wildman–Crippen LogP) is 3.10. The number of rotatable bonds is 8. The monoisotopic (exact) mass is 334 g/mol. The first-order chi connectivity index (χ1) is 11.6. The average molecular weight is 334 g/mol. The first-order valence-electron chi connectivity index (χ1n) is 8.80. The zero-order valence-corrected chi connectivity index (χ0v) is 15.4. The van der Waals surface area contributed by atoms with Gasteiger partial charge in [0.05, 0.1) is 26.8 Å². The topological polar surface area (TPSA) is 42.0 Å². The van der Waals surface area contributed by atoms with Crippen molar-refractivity contribution in [1.82, 2.24) is 9.80 Å². The second-order valence-corrected chi connectivity index (χ2v) is 6.45. The normalized spacial score (nSPS) is 17.4. The zero-order valence-electron chi connectivity index (χ0n) is 15.4. The van der Waals surface area contributed by atoms with Crippen LogP contribution < -0.4 is 9.47 Å². The van der Waals surface area contributed by atoms with Crippen LogP contribution in [0.2, 0.25) is 0 Å². The van der Waals surface area contributed by atoms with Gasteiger partial charge in [-0.25, -0.2) is 0 Å². The number of unbranched alkanes of at least 4 members (excludes halogenated alkanes) is 1. The summed E-state index contributed by atoms with van der Waals surface area (Å²) in [4.78, 5) is 16.8. The third-order valence-corrected chi connectivity index (χ3v) is 4.66. The van der Waals surface area contributed by atoms with Gasteiger partial charge in [0.1, 0.15) is 0 Å². The molecule has 1 atom stereocenters. The van der Waals surface area contributed by atoms with E-state index in [2.05, 4.69) is 11.8 Å². The van der Waals surface area contributed by atoms with E-state index in [4.69, 9.17) is 9.47 Å². The highest BCUT2D eigenvalue weighted by Gasteiger charge is 2.30. The second kappa shape index (κ2) is 8.92. The molecule has 0 aromatic heterocycles. The Morgan fingerprint density at radius 3 is 2.71 bits per heavy atom. The van der Waals surface area contributed by atoms with Gasteiger partial charge in [0.25, 0.3) is 0 Å². The summed E-state index contributed by atoms with van der Waals surface area (Å²) in [5.41, 5.74) is 1.12. The summed E-state index contributed by atoms with van der Waals surface area (Å²) >= 11 is 0. The molecule has 0 N–H and O–H groups in total. The molecule has 0 aliphatic carbocycles. The van der Waals surface area contributed by atoms with Crippen LogP contribution in [0.5, 0.6) is 11.5 Å². The molecule has 1 unspecified atom stereocenters. The summed E-state index contributed by atoms with van der Waals surface area (Å²) in [6.45, 7) is 4.46. The Bertz CT molecular complexity index is 547. The van der Waals surface area contributed by atoms with Crippen molar-refractivity contribution in [3.63, 3.8) is 0 Å². The second-order valence-electron chi connectivity index (χ2n) is 6.45. The van der Waals surface area contributed by atoms with Gasteiger partial charge in [-0.3, -0.25) is 9.69 Å². The van der Waals surface area contributed by atoms with Crippen LogP contribution in [0.25, 0.3) is 0 Å². The molecule has 24 heavy (non-hydrogen) atoms. The van der Waals surface area contributed by atoms with Gasteiger partial charge in [-0.15, -0.1) is 0 Å². The fraction of sp³-hybridized carbons (Fsp3) is 0.632. The summed E-state index contributed by atoms with van der Waals surface area (Å²) in [6, 6.07) is 6.09. The van der Waals surface area contributed by atoms with Crippen molar-refractivity contribution < 1.29 is 14.3 Å². The fourth-order valence-electron chi connectivity index (χ4n) is 3.30. The van der Waals surface area contributed by atoms with Crippen molar-refractivity contribution in [2.45, 2.75) is 38.6 Å². The molecule has 1 aromatic carbocycles. The highest BCUT2D eigenvalue weighted by molar-refractivity contribution is 5.79. The Kier molecular flexibility index (Phi) is 6.91. The summed E-state index contributed by atoms with van der Waals surface area (Å²) in [5, 5.41) is 0. The molecule has 5 heteroatoms. The van der Waals surface area contributed by atoms with E-state index in [0.29, 0.717) is 6.54 Å². The third-order valence-electron chi connectivity index (χ3n) is 4.66. The number of ether oxygens (including phenoxy) is 2. The largest absolute Gasteiger partial charge is 0.493 e. The van der Waals surface area contributed by atoms with Gasteiger partial charge in [0, 0.05) is 6.54 Å². The molecule has 2 rings (SSSR count). The van der Waals surface area contributed by atoms with Crippen LogP contribution in [-0.2, 0) is 4.79 Å². The Morgan fingerprint density at radius 2 is 2.04 bits per heavy atom. The minimum atomic E-state index is 0.136. The van der Waals surface area contributed by atoms with E-state index in [-0.39, 0.29) is 11.9 Å². The van der Waals surface area contributed by atoms with E-state index in [9.17, 15) is 4.79 Å². The SMILES string of the molecule is CCCCN(C)CC(=O)N1CCCC1c1ccc(OC)c(OC)c1. The molecule has 1 aliphatic heterocycles. The minimum Gasteiger partial charge on any atom is -0.493 e. The molecule has 0 spiro atoms. The Labute approximate surface area is 145 Å². The lowest BCUT2D eigenvalue weighted by Gasteiger charge is -2.28. The van der Waals surface area contributed by atoms with E-state index in [1.165, 1.54) is 0 Å². The predicted molar refractivity (Wildman–Crippen MR) is 95.6 cm³/mol. The van der Waals surface area contributed by atoms with Crippen LogP contribution in [-0.4, -0.2) is 56.6 Å². The van der Waals surface area contributed by atoms with Crippen LogP contribution in [0.1, 0.15) is 44.2 Å². The molecule has 1 saturated heterocycles. The van der Waals surface area contributed by atoms with Gasteiger partial charge in [0.2, 0.25) is 5.91 Å². The van der Waals surface area contributed by atoms with Gasteiger partial charge in [0.15, 0.2) is 11.5 Å². The molecule has 1 aromatic rings. The number of nitrogens with zero attached hydrogens (tertiary/aromatic N) is 2. The van der Waals surface area contributed by atoms with Crippen molar-refractivity contribution in [2.75, 3.05) is 40.9 Å². The Morgan fingerprint density at radius 1 is 1.29 bits per heavy atom. The lowest BCUT2D eigenvalue weighted by atomic mass is 10.0. The Balaban J connectivity index is 2.08. The average Bonchev–Trinajstić information content (AvgIpc) is 3.09. The molecule has 0 radical (unpaired) electrons. The number of hydrogen-bond acceptors (Lipinski definition) is 4. The van der Waals surface area contributed by atoms with Gasteiger partial charge < -0.3 is 14.4 Å². The van der Waals surface area contributed by atoms with Crippen molar-refractivity contribution in [3.05, 3.63) is 23.8 Å². The number of carbonyl (C=O) groups excluding carboxylic acids is 1. The first-order valence-corrected chi connectivity index (χ1v) is 8.80. The molecule has 134 valence electrons. The molecule has 1 aliphatic rings. The van der Waals surface area contributed by atoms with Crippen molar-refractivity contribution in [2.24, 2.45) is 0 Å². The van der Waals surface area contributed by atoms with E-state index < -0.39 is 0 Å². The maximum absolute atomic E-state index is 12.7. The summed E-state index contributed by atoms with van der Waals surface area (Å²) < 4.78 is 10.7. The van der Waals surface area contributed by atoms with E-state index >= 15 is 0 Å². The molecule has 5 nitrogen and oxygen atoms in total. The summed E-state index contributed by atoms with van der Waals surface area (Å²) in [5.74, 6) is 1.65. The number of likely N-dealkylation sites (tertiary alicyclic amines) is 1. The maximum Gasteiger partial charge on any atom is 0.237 e. The van der Waals surface area contributed by atoms with Crippen LogP contribution in [0.4, 0.5) is 0 Å². The van der Waals surface area contributed by atoms with Crippen LogP contribution in [0.15, 0.2) is 18.2 Å². The van der Waals surface area contributed by atoms with Crippen molar-refractivity contribution in [3.8, 4) is 11.5 Å². The van der Waals surface area contributed by atoms with E-state index in [1.54, 1.807) is 14.2 Å². The van der Waals surface area contributed by atoms with Crippen LogP contribution >= 0.6 is 0 Å². The van der Waals surface area contributed by atoms with Crippen molar-refractivity contribution >= 4 is 5.91 Å². The lowest BCUT2D eigenvalue weighted by Crippen LogP contribution is -2.38. The number of benzene rings is 1. The van der Waals surface area contributed by atoms with Crippen LogP contribution in [0, 0.1) is 0 Å². The number of likely N-dealkylation sites (N-methyl/N-ethyl adjacent to an activating group) is 1. The van der Waals surface area contributed by atoms with Gasteiger partial charge in [-0.05, 0) is 50.6 Å². The molecule has 1 heterocycles. The summed E-state index contributed by atoms with van der Waals surface area (Å²) in [7, 11) is 5.30. The van der Waals surface area contributed by atoms with Crippen LogP contribution in [0.3, 0.4) is 0 Å². The fourth-order valence-corrected chi connectivity index (χ4v) is 3.30. The first kappa shape index (κ1) is 18.6. The quantitative estimate of drug-likeness (QED) is 0.733. The van der Waals surface area contributed by atoms with Crippen molar-refractivity contribution in [1.29, 1.82) is 0 Å². The smallest absolute Gasteiger partial charge is 0.237 e. The van der Waals surface area contributed by atoms with Gasteiger partial charge in [-0.2, -0.15) is 0 Å². The highest BCUT2D eigenvalue weighted by Crippen LogP contribution is 2.36. The zero-order chi connectivity index (χ0) is 17.5. The third kappa shape index (κ3) is 4.41. The molecule has 1 fully saturated rings.